The van der Waals surface area contributed by atoms with Gasteiger partial charge in [-0.3, -0.25) is 4.79 Å². The number of amides is 1. The SMILES string of the molecule is COc1cc(C(=O)N(Cc2cc3c(o2)=CC(C)CC=3)C[C@@H]2CC3CCCCC3N2)cc2c1OC(C)(C)O2. The molecule has 0 spiro atoms. The highest BCUT2D eigenvalue weighted by Gasteiger charge is 2.38. The van der Waals surface area contributed by atoms with Gasteiger partial charge in [-0.15, -0.1) is 0 Å². The normalized spacial score (nSPS) is 27.0. The second kappa shape index (κ2) is 9.43. The Morgan fingerprint density at radius 2 is 2.03 bits per heavy atom. The molecule has 2 aromatic rings. The van der Waals surface area contributed by atoms with E-state index in [4.69, 9.17) is 18.6 Å². The molecule has 3 heterocycles. The minimum Gasteiger partial charge on any atom is -0.493 e. The first-order chi connectivity index (χ1) is 17.8. The van der Waals surface area contributed by atoms with Gasteiger partial charge < -0.3 is 28.8 Å². The van der Waals surface area contributed by atoms with Crippen molar-refractivity contribution in [2.24, 2.45) is 11.8 Å². The van der Waals surface area contributed by atoms with E-state index >= 15 is 0 Å². The lowest BCUT2D eigenvalue weighted by molar-refractivity contribution is -0.0439. The third kappa shape index (κ3) is 4.86. The maximum Gasteiger partial charge on any atom is 0.254 e. The van der Waals surface area contributed by atoms with E-state index in [9.17, 15) is 4.79 Å². The molecular formula is C30H38N2O5. The quantitative estimate of drug-likeness (QED) is 0.640. The summed E-state index contributed by atoms with van der Waals surface area (Å²) in [6, 6.07) is 6.47. The van der Waals surface area contributed by atoms with Crippen LogP contribution in [0.3, 0.4) is 0 Å². The van der Waals surface area contributed by atoms with Crippen molar-refractivity contribution in [2.75, 3.05) is 13.7 Å². The van der Waals surface area contributed by atoms with Gasteiger partial charge in [-0.2, -0.15) is 0 Å². The molecule has 0 radical (unpaired) electrons. The van der Waals surface area contributed by atoms with Crippen molar-refractivity contribution in [1.82, 2.24) is 10.2 Å². The predicted octanol–water partition coefficient (Wildman–Crippen LogP) is 3.96. The number of methoxy groups -OCH3 is 1. The van der Waals surface area contributed by atoms with E-state index in [1.165, 1.54) is 25.7 Å². The molecule has 2 aliphatic carbocycles. The summed E-state index contributed by atoms with van der Waals surface area (Å²) in [5, 5.41) is 4.96. The Morgan fingerprint density at radius 1 is 1.19 bits per heavy atom. The number of hydrogen-bond donors (Lipinski definition) is 1. The number of carbonyl (C=O) groups excluding carboxylic acids is 1. The average Bonchev–Trinajstić information content (AvgIpc) is 3.54. The van der Waals surface area contributed by atoms with E-state index in [1.54, 1.807) is 19.2 Å². The van der Waals surface area contributed by atoms with Crippen LogP contribution in [0.15, 0.2) is 22.6 Å². The van der Waals surface area contributed by atoms with Gasteiger partial charge in [0.15, 0.2) is 11.5 Å². The lowest BCUT2D eigenvalue weighted by atomic mass is 9.85. The van der Waals surface area contributed by atoms with Crippen molar-refractivity contribution in [3.63, 3.8) is 0 Å². The van der Waals surface area contributed by atoms with Crippen LogP contribution in [0.2, 0.25) is 0 Å². The molecule has 7 heteroatoms. The van der Waals surface area contributed by atoms with Crippen LogP contribution < -0.4 is 30.2 Å². The summed E-state index contributed by atoms with van der Waals surface area (Å²) in [6.45, 7) is 6.93. The maximum absolute atomic E-state index is 14.1. The molecule has 4 aliphatic rings. The fourth-order valence-corrected chi connectivity index (χ4v) is 6.47. The predicted molar refractivity (Wildman–Crippen MR) is 141 cm³/mol. The van der Waals surface area contributed by atoms with Crippen LogP contribution in [0, 0.1) is 11.8 Å². The Morgan fingerprint density at radius 3 is 2.84 bits per heavy atom. The Kier molecular flexibility index (Phi) is 6.22. The zero-order chi connectivity index (χ0) is 25.7. The number of rotatable bonds is 6. The van der Waals surface area contributed by atoms with Gasteiger partial charge in [-0.05, 0) is 61.8 Å². The number of benzene rings is 1. The third-order valence-electron chi connectivity index (χ3n) is 8.20. The van der Waals surface area contributed by atoms with E-state index < -0.39 is 5.79 Å². The Bertz CT molecular complexity index is 1300. The zero-order valence-corrected chi connectivity index (χ0v) is 22.3. The Labute approximate surface area is 218 Å². The second-order valence-electron chi connectivity index (χ2n) is 11.7. The van der Waals surface area contributed by atoms with E-state index in [-0.39, 0.29) is 11.9 Å². The smallest absolute Gasteiger partial charge is 0.254 e. The first kappa shape index (κ1) is 24.4. The maximum atomic E-state index is 14.1. The Balaban J connectivity index is 1.30. The minimum atomic E-state index is -0.807. The summed E-state index contributed by atoms with van der Waals surface area (Å²) < 4.78 is 23.7. The lowest BCUT2D eigenvalue weighted by Crippen LogP contribution is -2.42. The molecule has 1 aromatic carbocycles. The van der Waals surface area contributed by atoms with Crippen molar-refractivity contribution >= 4 is 18.1 Å². The van der Waals surface area contributed by atoms with Crippen molar-refractivity contribution < 1.29 is 23.4 Å². The molecule has 1 saturated carbocycles. The van der Waals surface area contributed by atoms with Crippen LogP contribution in [-0.4, -0.2) is 42.3 Å². The zero-order valence-electron chi connectivity index (χ0n) is 22.3. The minimum absolute atomic E-state index is 0.0678. The summed E-state index contributed by atoms with van der Waals surface area (Å²) in [4.78, 5) is 16.0. The highest BCUT2D eigenvalue weighted by molar-refractivity contribution is 5.95. The molecular weight excluding hydrogens is 468 g/mol. The molecule has 1 N–H and O–H groups in total. The summed E-state index contributed by atoms with van der Waals surface area (Å²) in [7, 11) is 1.59. The molecule has 4 atom stereocenters. The van der Waals surface area contributed by atoms with Crippen LogP contribution in [0.25, 0.3) is 12.2 Å². The Hall–Kier alpha value is -2.93. The summed E-state index contributed by atoms with van der Waals surface area (Å²) in [5.74, 6) is 2.68. The molecule has 3 unspecified atom stereocenters. The number of hydrogen-bond acceptors (Lipinski definition) is 6. The summed E-state index contributed by atoms with van der Waals surface area (Å²) >= 11 is 0. The van der Waals surface area contributed by atoms with Crippen LogP contribution in [0.5, 0.6) is 17.2 Å². The van der Waals surface area contributed by atoms with E-state index in [0.29, 0.717) is 53.8 Å². The molecule has 7 nitrogen and oxygen atoms in total. The first-order valence-electron chi connectivity index (χ1n) is 13.7. The van der Waals surface area contributed by atoms with Gasteiger partial charge in [0.1, 0.15) is 11.2 Å². The first-order valence-corrected chi connectivity index (χ1v) is 13.7. The molecule has 37 heavy (non-hydrogen) atoms. The molecule has 2 aliphatic heterocycles. The van der Waals surface area contributed by atoms with Gasteiger partial charge in [0.05, 0.1) is 13.7 Å². The van der Waals surface area contributed by atoms with Crippen LogP contribution in [-0.2, 0) is 6.54 Å². The van der Waals surface area contributed by atoms with Crippen molar-refractivity contribution in [3.05, 3.63) is 40.2 Å². The topological polar surface area (TPSA) is 73.2 Å². The van der Waals surface area contributed by atoms with Crippen molar-refractivity contribution in [3.8, 4) is 17.2 Å². The van der Waals surface area contributed by atoms with Gasteiger partial charge >= 0.3 is 0 Å². The van der Waals surface area contributed by atoms with Gasteiger partial charge in [0.2, 0.25) is 11.5 Å². The number of nitrogens with zero attached hydrogens (tertiary/aromatic N) is 1. The fraction of sp³-hybridized carbons (Fsp3) is 0.567. The van der Waals surface area contributed by atoms with Crippen molar-refractivity contribution in [2.45, 2.75) is 83.7 Å². The number of nitrogens with one attached hydrogen (secondary N) is 1. The standard InChI is InChI=1S/C30H38N2O5/c1-18-9-10-20-13-23(35-25(20)11-18)17-32(16-22-12-19-7-5-6-8-24(19)31-22)29(33)21-14-26(34-4)28-27(15-21)36-30(2,3)37-28/h10-11,13-15,18-19,22,24,31H,5-9,12,16-17H2,1-4H3/t18?,19?,22-,24?/m0/s1. The number of carbonyl (C=O) groups is 1. The largest absolute Gasteiger partial charge is 0.493 e. The molecule has 2 fully saturated rings. The highest BCUT2D eigenvalue weighted by atomic mass is 16.7. The number of fused-ring (bicyclic) bond motifs is 3. The second-order valence-corrected chi connectivity index (χ2v) is 11.7. The molecule has 1 aromatic heterocycles. The molecule has 1 amide bonds. The van der Waals surface area contributed by atoms with Gasteiger partial charge in [0, 0.05) is 43.3 Å². The van der Waals surface area contributed by atoms with Crippen molar-refractivity contribution in [1.29, 1.82) is 0 Å². The summed E-state index contributed by atoms with van der Waals surface area (Å²) in [6.07, 6.45) is 11.7. The lowest BCUT2D eigenvalue weighted by Gasteiger charge is -2.26. The highest BCUT2D eigenvalue weighted by Crippen LogP contribution is 2.47. The summed E-state index contributed by atoms with van der Waals surface area (Å²) in [5.41, 5.74) is 1.44. The fourth-order valence-electron chi connectivity index (χ4n) is 6.47. The number of furan rings is 1. The van der Waals surface area contributed by atoms with Gasteiger partial charge in [0.25, 0.3) is 5.91 Å². The molecule has 6 rings (SSSR count). The van der Waals surface area contributed by atoms with E-state index in [2.05, 4.69) is 30.5 Å². The molecule has 0 bridgehead atoms. The third-order valence-corrected chi connectivity index (χ3v) is 8.20. The van der Waals surface area contributed by atoms with Crippen LogP contribution in [0.1, 0.15) is 75.4 Å². The van der Waals surface area contributed by atoms with Gasteiger partial charge in [-0.25, -0.2) is 0 Å². The number of ether oxygens (including phenoxy) is 3. The van der Waals surface area contributed by atoms with Gasteiger partial charge in [-0.1, -0.05) is 25.8 Å². The van der Waals surface area contributed by atoms with E-state index in [1.807, 2.05) is 18.7 Å². The molecule has 198 valence electrons. The van der Waals surface area contributed by atoms with Crippen LogP contribution >= 0.6 is 0 Å². The molecule has 1 saturated heterocycles. The monoisotopic (exact) mass is 506 g/mol. The average molecular weight is 507 g/mol. The van der Waals surface area contributed by atoms with E-state index in [0.717, 1.165) is 29.2 Å². The van der Waals surface area contributed by atoms with Crippen LogP contribution in [0.4, 0.5) is 0 Å².